The molecule has 2 nitrogen and oxygen atoms in total. The number of thiophene rings is 1. The lowest BCUT2D eigenvalue weighted by atomic mass is 10.1. The lowest BCUT2D eigenvalue weighted by molar-refractivity contribution is 0.103. The Morgan fingerprint density at radius 3 is 2.61 bits per heavy atom. The number of ether oxygens (including phenoxy) is 1. The van der Waals surface area contributed by atoms with Crippen molar-refractivity contribution in [2.24, 2.45) is 0 Å². The van der Waals surface area contributed by atoms with E-state index < -0.39 is 5.82 Å². The number of methoxy groups -OCH3 is 1. The molecule has 1 aromatic carbocycles. The Morgan fingerprint density at radius 1 is 1.33 bits per heavy atom. The number of ketones is 1. The van der Waals surface area contributed by atoms with E-state index in [-0.39, 0.29) is 16.0 Å². The van der Waals surface area contributed by atoms with E-state index >= 15 is 0 Å². The van der Waals surface area contributed by atoms with Crippen molar-refractivity contribution in [2.45, 2.75) is 0 Å². The largest absolute Gasteiger partial charge is 0.496 e. The molecule has 0 unspecified atom stereocenters. The first-order valence-corrected chi connectivity index (χ1v) is 7.32. The van der Waals surface area contributed by atoms with E-state index in [2.05, 4.69) is 31.9 Å². The molecule has 0 aliphatic carbocycles. The van der Waals surface area contributed by atoms with Gasteiger partial charge in [-0.05, 0) is 49.4 Å². The molecule has 0 atom stereocenters. The van der Waals surface area contributed by atoms with Crippen molar-refractivity contribution in [1.82, 2.24) is 0 Å². The van der Waals surface area contributed by atoms with Crippen LogP contribution in [0.5, 0.6) is 5.75 Å². The summed E-state index contributed by atoms with van der Waals surface area (Å²) in [7, 11) is 1.41. The van der Waals surface area contributed by atoms with Crippen LogP contribution >= 0.6 is 43.2 Å². The van der Waals surface area contributed by atoms with Crippen LogP contribution in [0.3, 0.4) is 0 Å². The van der Waals surface area contributed by atoms with Gasteiger partial charge in [0, 0.05) is 10.5 Å². The minimum Gasteiger partial charge on any atom is -0.496 e. The zero-order valence-electron chi connectivity index (χ0n) is 9.17. The maximum absolute atomic E-state index is 13.4. The number of hydrogen-bond donors (Lipinski definition) is 0. The minimum atomic E-state index is -0.464. The molecule has 18 heavy (non-hydrogen) atoms. The third-order valence-electron chi connectivity index (χ3n) is 2.31. The van der Waals surface area contributed by atoms with E-state index in [1.165, 1.54) is 30.6 Å². The summed E-state index contributed by atoms with van der Waals surface area (Å²) in [4.78, 5) is 12.9. The quantitative estimate of drug-likeness (QED) is 0.709. The van der Waals surface area contributed by atoms with Gasteiger partial charge in [-0.2, -0.15) is 0 Å². The second kappa shape index (κ2) is 5.50. The summed E-state index contributed by atoms with van der Waals surface area (Å²) in [6.45, 7) is 0. The van der Waals surface area contributed by atoms with Gasteiger partial charge in [0.05, 0.1) is 22.0 Å². The van der Waals surface area contributed by atoms with Crippen LogP contribution in [-0.2, 0) is 0 Å². The monoisotopic (exact) mass is 392 g/mol. The molecule has 0 bridgehead atoms. The van der Waals surface area contributed by atoms with Gasteiger partial charge in [0.2, 0.25) is 5.78 Å². The summed E-state index contributed by atoms with van der Waals surface area (Å²) in [5, 5.41) is 1.81. The van der Waals surface area contributed by atoms with Gasteiger partial charge in [0.1, 0.15) is 11.6 Å². The first-order chi connectivity index (χ1) is 8.54. The van der Waals surface area contributed by atoms with Gasteiger partial charge >= 0.3 is 0 Å². The van der Waals surface area contributed by atoms with E-state index in [4.69, 9.17) is 4.74 Å². The number of hydrogen-bond acceptors (Lipinski definition) is 3. The van der Waals surface area contributed by atoms with Gasteiger partial charge in [0.25, 0.3) is 0 Å². The van der Waals surface area contributed by atoms with Gasteiger partial charge in [-0.1, -0.05) is 0 Å². The van der Waals surface area contributed by atoms with Gasteiger partial charge < -0.3 is 4.74 Å². The molecule has 0 saturated carbocycles. The summed E-state index contributed by atoms with van der Waals surface area (Å²) in [6.07, 6.45) is 0. The van der Waals surface area contributed by atoms with Crippen molar-refractivity contribution < 1.29 is 13.9 Å². The molecule has 0 aliphatic rings. The van der Waals surface area contributed by atoms with Crippen molar-refractivity contribution in [3.8, 4) is 5.75 Å². The molecule has 94 valence electrons. The first-order valence-electron chi connectivity index (χ1n) is 4.85. The van der Waals surface area contributed by atoms with Gasteiger partial charge in [-0.15, -0.1) is 11.3 Å². The van der Waals surface area contributed by atoms with Crippen molar-refractivity contribution in [3.05, 3.63) is 48.8 Å². The zero-order valence-corrected chi connectivity index (χ0v) is 13.2. The Bertz CT molecular complexity index is 610. The Hall–Kier alpha value is -0.720. The molecule has 1 heterocycles. The highest BCUT2D eigenvalue weighted by Crippen LogP contribution is 2.32. The van der Waals surface area contributed by atoms with Crippen LogP contribution in [0, 0.1) is 5.82 Å². The first kappa shape index (κ1) is 13.7. The summed E-state index contributed by atoms with van der Waals surface area (Å²) in [5.74, 6) is -0.441. The van der Waals surface area contributed by atoms with Crippen molar-refractivity contribution >= 4 is 49.0 Å². The molecule has 2 rings (SSSR count). The van der Waals surface area contributed by atoms with E-state index in [1.807, 2.05) is 5.38 Å². The molecule has 0 fully saturated rings. The van der Waals surface area contributed by atoms with Crippen molar-refractivity contribution in [2.75, 3.05) is 7.11 Å². The average molecular weight is 394 g/mol. The van der Waals surface area contributed by atoms with Crippen LogP contribution in [-0.4, -0.2) is 12.9 Å². The number of carbonyl (C=O) groups is 1. The summed E-state index contributed by atoms with van der Waals surface area (Å²) in [5.41, 5.74) is 0.328. The maximum Gasteiger partial charge on any atom is 0.207 e. The third kappa shape index (κ3) is 2.50. The average Bonchev–Trinajstić information content (AvgIpc) is 2.77. The highest BCUT2D eigenvalue weighted by atomic mass is 79.9. The molecule has 6 heteroatoms. The molecule has 0 aliphatic heterocycles. The molecule has 0 N–H and O–H groups in total. The smallest absolute Gasteiger partial charge is 0.207 e. The topological polar surface area (TPSA) is 26.3 Å². The summed E-state index contributed by atoms with van der Waals surface area (Å²) in [6, 6.07) is 4.42. The fraction of sp³-hybridized carbons (Fsp3) is 0.0833. The van der Waals surface area contributed by atoms with Gasteiger partial charge in [0.15, 0.2) is 0 Å². The van der Waals surface area contributed by atoms with Crippen LogP contribution < -0.4 is 4.74 Å². The van der Waals surface area contributed by atoms with E-state index in [0.717, 1.165) is 4.47 Å². The van der Waals surface area contributed by atoms with Crippen LogP contribution in [0.15, 0.2) is 32.5 Å². The Kier molecular flexibility index (Phi) is 4.19. The molecular formula is C12H7Br2FO2S. The van der Waals surface area contributed by atoms with Gasteiger partial charge in [-0.25, -0.2) is 4.39 Å². The highest BCUT2D eigenvalue weighted by molar-refractivity contribution is 9.10. The SMILES string of the molecule is COc1cc(F)c(Br)cc1C(=O)c1sccc1Br. The normalized spacial score (nSPS) is 10.4. The number of halogens is 3. The Labute approximate surface area is 124 Å². The maximum atomic E-state index is 13.4. The number of benzene rings is 1. The number of carbonyl (C=O) groups excluding carboxylic acids is 1. The Balaban J connectivity index is 2.54. The molecule has 0 amide bonds. The van der Waals surface area contributed by atoms with Crippen LogP contribution in [0.4, 0.5) is 4.39 Å². The lowest BCUT2D eigenvalue weighted by Gasteiger charge is -2.08. The molecule has 0 spiro atoms. The molecule has 0 radical (unpaired) electrons. The standard InChI is InChI=1S/C12H7Br2FO2S/c1-17-10-5-9(15)8(14)4-6(10)11(16)12-7(13)2-3-18-12/h2-5H,1H3. The molecule has 0 saturated heterocycles. The second-order valence-electron chi connectivity index (χ2n) is 3.39. The lowest BCUT2D eigenvalue weighted by Crippen LogP contribution is -2.03. The second-order valence-corrected chi connectivity index (χ2v) is 6.02. The van der Waals surface area contributed by atoms with Crippen LogP contribution in [0.1, 0.15) is 15.2 Å². The predicted octanol–water partition coefficient (Wildman–Crippen LogP) is 4.65. The highest BCUT2D eigenvalue weighted by Gasteiger charge is 2.20. The number of rotatable bonds is 3. The summed E-state index contributed by atoms with van der Waals surface area (Å²) >= 11 is 7.70. The van der Waals surface area contributed by atoms with Gasteiger partial charge in [-0.3, -0.25) is 4.79 Å². The van der Waals surface area contributed by atoms with Crippen LogP contribution in [0.25, 0.3) is 0 Å². The fourth-order valence-electron chi connectivity index (χ4n) is 1.45. The third-order valence-corrected chi connectivity index (χ3v) is 4.75. The Morgan fingerprint density at radius 2 is 2.06 bits per heavy atom. The van der Waals surface area contributed by atoms with E-state index in [9.17, 15) is 9.18 Å². The molecular weight excluding hydrogens is 387 g/mol. The zero-order chi connectivity index (χ0) is 13.3. The molecule has 1 aromatic heterocycles. The predicted molar refractivity (Wildman–Crippen MR) is 76.1 cm³/mol. The van der Waals surface area contributed by atoms with E-state index in [1.54, 1.807) is 6.07 Å². The van der Waals surface area contributed by atoms with Crippen molar-refractivity contribution in [3.63, 3.8) is 0 Å². The molecule has 2 aromatic rings. The van der Waals surface area contributed by atoms with Crippen molar-refractivity contribution in [1.29, 1.82) is 0 Å². The van der Waals surface area contributed by atoms with Crippen LogP contribution in [0.2, 0.25) is 0 Å². The van der Waals surface area contributed by atoms with E-state index in [0.29, 0.717) is 10.4 Å². The fourth-order valence-corrected chi connectivity index (χ4v) is 3.30. The summed E-state index contributed by atoms with van der Waals surface area (Å²) < 4.78 is 19.4. The minimum absolute atomic E-state index is 0.200.